The molecule has 1 aromatic heterocycles. The molecule has 0 aromatic carbocycles. The van der Waals surface area contributed by atoms with Crippen LogP contribution in [0.3, 0.4) is 0 Å². The average Bonchev–Trinajstić information content (AvgIpc) is 2.13. The largest absolute Gasteiger partial charge is 0.466 e. The molecule has 0 atom stereocenters. The molecular weight excluding hydrogens is 192 g/mol. The van der Waals surface area contributed by atoms with Crippen LogP contribution in [0, 0.1) is 13.8 Å². The molecule has 1 rings (SSSR count). The van der Waals surface area contributed by atoms with Crippen molar-refractivity contribution in [2.75, 3.05) is 5.33 Å². The van der Waals surface area contributed by atoms with Crippen LogP contribution in [0.4, 0.5) is 0 Å². The molecule has 0 spiro atoms. The van der Waals surface area contributed by atoms with Gasteiger partial charge in [0, 0.05) is 5.33 Å². The fourth-order valence-corrected chi connectivity index (χ4v) is 1.46. The molecule has 2 heteroatoms. The summed E-state index contributed by atoms with van der Waals surface area (Å²) in [7, 11) is 0. The maximum atomic E-state index is 5.35. The molecule has 1 heterocycles. The monoisotopic (exact) mass is 202 g/mol. The Labute approximate surface area is 69.6 Å². The summed E-state index contributed by atoms with van der Waals surface area (Å²) in [6.07, 6.45) is 1.06. The van der Waals surface area contributed by atoms with E-state index in [1.54, 1.807) is 0 Å². The average molecular weight is 203 g/mol. The Morgan fingerprint density at radius 3 is 2.60 bits per heavy atom. The standard InChI is InChI=1S/C8H11BrO/c1-6-5-8(3-4-9)7(2)10-6/h5H,3-4H2,1-2H3. The molecular formula is C8H11BrO. The molecule has 56 valence electrons. The van der Waals surface area contributed by atoms with Crippen LogP contribution in [0.2, 0.25) is 0 Å². The van der Waals surface area contributed by atoms with Gasteiger partial charge in [-0.3, -0.25) is 0 Å². The number of alkyl halides is 1. The zero-order valence-corrected chi connectivity index (χ0v) is 7.86. The Morgan fingerprint density at radius 2 is 2.20 bits per heavy atom. The third kappa shape index (κ3) is 1.63. The van der Waals surface area contributed by atoms with Gasteiger partial charge < -0.3 is 4.42 Å². The van der Waals surface area contributed by atoms with Gasteiger partial charge in [0.15, 0.2) is 0 Å². The van der Waals surface area contributed by atoms with Crippen LogP contribution < -0.4 is 0 Å². The van der Waals surface area contributed by atoms with Gasteiger partial charge in [-0.25, -0.2) is 0 Å². The number of rotatable bonds is 2. The zero-order chi connectivity index (χ0) is 7.56. The van der Waals surface area contributed by atoms with E-state index in [0.717, 1.165) is 23.3 Å². The Bertz CT molecular complexity index is 215. The van der Waals surface area contributed by atoms with Crippen molar-refractivity contribution in [2.24, 2.45) is 0 Å². The van der Waals surface area contributed by atoms with Crippen molar-refractivity contribution in [3.05, 3.63) is 23.2 Å². The highest BCUT2D eigenvalue weighted by Crippen LogP contribution is 2.14. The van der Waals surface area contributed by atoms with Crippen molar-refractivity contribution >= 4 is 15.9 Å². The molecule has 0 bridgehead atoms. The normalized spacial score (nSPS) is 10.3. The molecule has 1 nitrogen and oxygen atoms in total. The highest BCUT2D eigenvalue weighted by molar-refractivity contribution is 9.09. The fourth-order valence-electron chi connectivity index (χ4n) is 1.03. The van der Waals surface area contributed by atoms with E-state index in [0.29, 0.717) is 0 Å². The van der Waals surface area contributed by atoms with Crippen LogP contribution in [-0.2, 0) is 6.42 Å². The molecule has 0 fully saturated rings. The molecule has 0 aliphatic carbocycles. The van der Waals surface area contributed by atoms with Gasteiger partial charge in [-0.1, -0.05) is 15.9 Å². The maximum absolute atomic E-state index is 5.35. The van der Waals surface area contributed by atoms with E-state index in [4.69, 9.17) is 4.42 Å². The number of furan rings is 1. The SMILES string of the molecule is Cc1cc(CCBr)c(C)o1. The van der Waals surface area contributed by atoms with Crippen LogP contribution in [0.5, 0.6) is 0 Å². The van der Waals surface area contributed by atoms with Crippen molar-refractivity contribution in [3.63, 3.8) is 0 Å². The first-order chi connectivity index (χ1) is 4.74. The smallest absolute Gasteiger partial charge is 0.104 e. The Kier molecular flexibility index (Phi) is 2.55. The van der Waals surface area contributed by atoms with E-state index in [-0.39, 0.29) is 0 Å². The minimum Gasteiger partial charge on any atom is -0.466 e. The van der Waals surface area contributed by atoms with Gasteiger partial charge in [-0.2, -0.15) is 0 Å². The third-order valence-electron chi connectivity index (χ3n) is 1.51. The van der Waals surface area contributed by atoms with Crippen molar-refractivity contribution in [3.8, 4) is 0 Å². The van der Waals surface area contributed by atoms with E-state index in [2.05, 4.69) is 22.0 Å². The summed E-state index contributed by atoms with van der Waals surface area (Å²) in [5.74, 6) is 2.06. The second-order valence-corrected chi connectivity index (χ2v) is 3.17. The van der Waals surface area contributed by atoms with E-state index in [1.807, 2.05) is 13.8 Å². The molecule has 0 aliphatic rings. The van der Waals surface area contributed by atoms with E-state index in [9.17, 15) is 0 Å². The highest BCUT2D eigenvalue weighted by atomic mass is 79.9. The summed E-state index contributed by atoms with van der Waals surface area (Å²) in [5, 5.41) is 1.01. The van der Waals surface area contributed by atoms with Gasteiger partial charge in [-0.15, -0.1) is 0 Å². The van der Waals surface area contributed by atoms with Crippen LogP contribution in [-0.4, -0.2) is 5.33 Å². The Hall–Kier alpha value is -0.240. The van der Waals surface area contributed by atoms with Crippen LogP contribution in [0.15, 0.2) is 10.5 Å². The predicted octanol–water partition coefficient (Wildman–Crippen LogP) is 2.83. The lowest BCUT2D eigenvalue weighted by Crippen LogP contribution is -1.83. The zero-order valence-electron chi connectivity index (χ0n) is 6.28. The van der Waals surface area contributed by atoms with Crippen molar-refractivity contribution in [2.45, 2.75) is 20.3 Å². The number of halogens is 1. The second kappa shape index (κ2) is 3.24. The summed E-state index contributed by atoms with van der Waals surface area (Å²) in [5.41, 5.74) is 1.31. The molecule has 0 amide bonds. The summed E-state index contributed by atoms with van der Waals surface area (Å²) in [6, 6.07) is 2.09. The lowest BCUT2D eigenvalue weighted by molar-refractivity contribution is 0.501. The Morgan fingerprint density at radius 1 is 1.50 bits per heavy atom. The van der Waals surface area contributed by atoms with Crippen LogP contribution in [0.1, 0.15) is 17.1 Å². The number of hydrogen-bond acceptors (Lipinski definition) is 1. The first kappa shape index (κ1) is 7.86. The minimum absolute atomic E-state index is 1.01. The van der Waals surface area contributed by atoms with Crippen molar-refractivity contribution in [1.29, 1.82) is 0 Å². The Balaban J connectivity index is 2.81. The van der Waals surface area contributed by atoms with Gasteiger partial charge in [-0.05, 0) is 31.9 Å². The topological polar surface area (TPSA) is 13.1 Å². The summed E-state index contributed by atoms with van der Waals surface area (Å²) < 4.78 is 5.35. The van der Waals surface area contributed by atoms with Gasteiger partial charge >= 0.3 is 0 Å². The molecule has 0 saturated heterocycles. The molecule has 0 N–H and O–H groups in total. The molecule has 0 radical (unpaired) electrons. The first-order valence-electron chi connectivity index (χ1n) is 3.36. The quantitative estimate of drug-likeness (QED) is 0.673. The van der Waals surface area contributed by atoms with Gasteiger partial charge in [0.05, 0.1) is 0 Å². The van der Waals surface area contributed by atoms with Crippen molar-refractivity contribution in [1.82, 2.24) is 0 Å². The molecule has 1 aromatic rings. The minimum atomic E-state index is 1.01. The van der Waals surface area contributed by atoms with Gasteiger partial charge in [0.2, 0.25) is 0 Å². The van der Waals surface area contributed by atoms with Crippen LogP contribution in [0.25, 0.3) is 0 Å². The maximum Gasteiger partial charge on any atom is 0.104 e. The van der Waals surface area contributed by atoms with E-state index < -0.39 is 0 Å². The lowest BCUT2D eigenvalue weighted by atomic mass is 10.2. The lowest BCUT2D eigenvalue weighted by Gasteiger charge is -1.90. The predicted molar refractivity (Wildman–Crippen MR) is 45.7 cm³/mol. The summed E-state index contributed by atoms with van der Waals surface area (Å²) in [4.78, 5) is 0. The van der Waals surface area contributed by atoms with Crippen molar-refractivity contribution < 1.29 is 4.42 Å². The molecule has 0 aliphatic heterocycles. The first-order valence-corrected chi connectivity index (χ1v) is 4.48. The van der Waals surface area contributed by atoms with Gasteiger partial charge in [0.25, 0.3) is 0 Å². The fraction of sp³-hybridized carbons (Fsp3) is 0.500. The molecule has 0 unspecified atom stereocenters. The third-order valence-corrected chi connectivity index (χ3v) is 1.90. The number of hydrogen-bond donors (Lipinski definition) is 0. The van der Waals surface area contributed by atoms with E-state index in [1.165, 1.54) is 5.56 Å². The number of aryl methyl sites for hydroxylation is 3. The second-order valence-electron chi connectivity index (χ2n) is 2.38. The molecule has 10 heavy (non-hydrogen) atoms. The van der Waals surface area contributed by atoms with Crippen LogP contribution >= 0.6 is 15.9 Å². The highest BCUT2D eigenvalue weighted by Gasteiger charge is 2.01. The van der Waals surface area contributed by atoms with Gasteiger partial charge in [0.1, 0.15) is 11.5 Å². The summed E-state index contributed by atoms with van der Waals surface area (Å²) in [6.45, 7) is 3.98. The summed E-state index contributed by atoms with van der Waals surface area (Å²) >= 11 is 3.39. The molecule has 0 saturated carbocycles. The van der Waals surface area contributed by atoms with E-state index >= 15 is 0 Å².